The number of aliphatic hydroxyl groups is 1. The van der Waals surface area contributed by atoms with Gasteiger partial charge in [0.15, 0.2) is 0 Å². The van der Waals surface area contributed by atoms with Crippen molar-refractivity contribution in [3.05, 3.63) is 24.3 Å². The van der Waals surface area contributed by atoms with Crippen molar-refractivity contribution in [2.45, 2.75) is 46.0 Å². The van der Waals surface area contributed by atoms with Gasteiger partial charge in [0, 0.05) is 30.9 Å². The van der Waals surface area contributed by atoms with E-state index in [4.69, 9.17) is 0 Å². The van der Waals surface area contributed by atoms with E-state index in [2.05, 4.69) is 24.1 Å². The Morgan fingerprint density at radius 2 is 1.95 bits per heavy atom. The highest BCUT2D eigenvalue weighted by atomic mass is 16.3. The Morgan fingerprint density at radius 3 is 2.62 bits per heavy atom. The van der Waals surface area contributed by atoms with E-state index < -0.39 is 0 Å². The summed E-state index contributed by atoms with van der Waals surface area (Å²) in [4.78, 5) is 13.9. The molecule has 0 saturated heterocycles. The second-order valence-corrected chi connectivity index (χ2v) is 5.27. The van der Waals surface area contributed by atoms with Crippen LogP contribution < -0.4 is 10.2 Å². The van der Waals surface area contributed by atoms with Crippen LogP contribution >= 0.6 is 0 Å². The predicted octanol–water partition coefficient (Wildman–Crippen LogP) is 3.41. The van der Waals surface area contributed by atoms with Gasteiger partial charge in [-0.3, -0.25) is 4.79 Å². The van der Waals surface area contributed by atoms with Gasteiger partial charge in [0.2, 0.25) is 5.91 Å². The maximum atomic E-state index is 11.8. The van der Waals surface area contributed by atoms with Gasteiger partial charge < -0.3 is 15.3 Å². The number of nitrogens with one attached hydrogen (secondary N) is 1. The van der Waals surface area contributed by atoms with Gasteiger partial charge in [0.25, 0.3) is 0 Å². The number of hydrogen-bond acceptors (Lipinski definition) is 3. The summed E-state index contributed by atoms with van der Waals surface area (Å²) in [5.74, 6) is 0.0660. The lowest BCUT2D eigenvalue weighted by Gasteiger charge is -2.24. The highest BCUT2D eigenvalue weighted by Crippen LogP contribution is 2.20. The van der Waals surface area contributed by atoms with Crippen LogP contribution in [0.2, 0.25) is 0 Å². The SMILES string of the molecule is CCCCC(=O)Nc1cccc(N(CCO)CCCC)c1. The maximum absolute atomic E-state index is 11.8. The van der Waals surface area contributed by atoms with Crippen LogP contribution in [-0.4, -0.2) is 30.7 Å². The van der Waals surface area contributed by atoms with E-state index in [-0.39, 0.29) is 12.5 Å². The van der Waals surface area contributed by atoms with Crippen molar-refractivity contribution in [1.82, 2.24) is 0 Å². The van der Waals surface area contributed by atoms with Crippen molar-refractivity contribution in [1.29, 1.82) is 0 Å². The summed E-state index contributed by atoms with van der Waals surface area (Å²) in [5.41, 5.74) is 1.87. The van der Waals surface area contributed by atoms with Crippen LogP contribution in [0.25, 0.3) is 0 Å². The fourth-order valence-corrected chi connectivity index (χ4v) is 2.18. The molecule has 0 spiro atoms. The van der Waals surface area contributed by atoms with Crippen LogP contribution in [0.15, 0.2) is 24.3 Å². The first-order valence-electron chi connectivity index (χ1n) is 7.97. The quantitative estimate of drug-likeness (QED) is 0.695. The number of unbranched alkanes of at least 4 members (excludes halogenated alkanes) is 2. The zero-order valence-corrected chi connectivity index (χ0v) is 13.3. The van der Waals surface area contributed by atoms with Crippen molar-refractivity contribution in [3.8, 4) is 0 Å². The Kier molecular flexibility index (Phi) is 8.51. The minimum Gasteiger partial charge on any atom is -0.395 e. The van der Waals surface area contributed by atoms with Gasteiger partial charge in [0.1, 0.15) is 0 Å². The molecule has 0 atom stereocenters. The molecular weight excluding hydrogens is 264 g/mol. The molecule has 118 valence electrons. The summed E-state index contributed by atoms with van der Waals surface area (Å²) in [7, 11) is 0. The summed E-state index contributed by atoms with van der Waals surface area (Å²) >= 11 is 0. The molecule has 0 radical (unpaired) electrons. The lowest BCUT2D eigenvalue weighted by Crippen LogP contribution is -2.27. The predicted molar refractivity (Wildman–Crippen MR) is 88.8 cm³/mol. The summed E-state index contributed by atoms with van der Waals surface area (Å²) in [5, 5.41) is 12.1. The van der Waals surface area contributed by atoms with Crippen molar-refractivity contribution < 1.29 is 9.90 Å². The smallest absolute Gasteiger partial charge is 0.224 e. The molecule has 1 aromatic carbocycles. The molecule has 0 saturated carbocycles. The number of amides is 1. The van der Waals surface area contributed by atoms with Crippen LogP contribution in [0.3, 0.4) is 0 Å². The maximum Gasteiger partial charge on any atom is 0.224 e. The van der Waals surface area contributed by atoms with Crippen molar-refractivity contribution in [3.63, 3.8) is 0 Å². The first-order chi connectivity index (χ1) is 10.2. The summed E-state index contributed by atoms with van der Waals surface area (Å²) in [6, 6.07) is 7.85. The lowest BCUT2D eigenvalue weighted by atomic mass is 10.2. The molecule has 0 unspecified atom stereocenters. The fourth-order valence-electron chi connectivity index (χ4n) is 2.18. The summed E-state index contributed by atoms with van der Waals surface area (Å²) in [6.07, 6.45) is 4.72. The highest BCUT2D eigenvalue weighted by molar-refractivity contribution is 5.91. The first-order valence-corrected chi connectivity index (χ1v) is 7.97. The number of benzene rings is 1. The van der Waals surface area contributed by atoms with Gasteiger partial charge in [-0.1, -0.05) is 32.8 Å². The van der Waals surface area contributed by atoms with Gasteiger partial charge in [-0.2, -0.15) is 0 Å². The van der Waals surface area contributed by atoms with Gasteiger partial charge in [-0.25, -0.2) is 0 Å². The molecule has 1 rings (SSSR count). The molecule has 0 aliphatic carbocycles. The Labute approximate surface area is 128 Å². The summed E-state index contributed by atoms with van der Waals surface area (Å²) in [6.45, 7) is 5.91. The molecule has 0 aliphatic heterocycles. The Balaban J connectivity index is 2.70. The number of hydrogen-bond donors (Lipinski definition) is 2. The van der Waals surface area contributed by atoms with Crippen LogP contribution in [0.4, 0.5) is 11.4 Å². The number of carbonyl (C=O) groups is 1. The molecule has 4 nitrogen and oxygen atoms in total. The molecule has 1 amide bonds. The molecule has 4 heteroatoms. The van der Waals surface area contributed by atoms with E-state index in [0.29, 0.717) is 13.0 Å². The molecule has 2 N–H and O–H groups in total. The molecule has 21 heavy (non-hydrogen) atoms. The number of rotatable bonds is 10. The topological polar surface area (TPSA) is 52.6 Å². The molecular formula is C17H28N2O2. The highest BCUT2D eigenvalue weighted by Gasteiger charge is 2.07. The number of anilines is 2. The second kappa shape index (κ2) is 10.2. The molecule has 1 aromatic rings. The average Bonchev–Trinajstić information content (AvgIpc) is 2.49. The monoisotopic (exact) mass is 292 g/mol. The van der Waals surface area contributed by atoms with E-state index >= 15 is 0 Å². The van der Waals surface area contributed by atoms with Crippen LogP contribution in [0.1, 0.15) is 46.0 Å². The zero-order valence-electron chi connectivity index (χ0n) is 13.3. The zero-order chi connectivity index (χ0) is 15.5. The van der Waals surface area contributed by atoms with Crippen LogP contribution in [0, 0.1) is 0 Å². The first kappa shape index (κ1) is 17.5. The second-order valence-electron chi connectivity index (χ2n) is 5.27. The molecule has 0 heterocycles. The van der Waals surface area contributed by atoms with Crippen LogP contribution in [-0.2, 0) is 4.79 Å². The fraction of sp³-hybridized carbons (Fsp3) is 0.588. The molecule has 0 fully saturated rings. The largest absolute Gasteiger partial charge is 0.395 e. The number of carbonyl (C=O) groups excluding carboxylic acids is 1. The third kappa shape index (κ3) is 6.63. The Hall–Kier alpha value is -1.55. The van der Waals surface area contributed by atoms with E-state index in [9.17, 15) is 9.90 Å². The summed E-state index contributed by atoms with van der Waals surface area (Å²) < 4.78 is 0. The molecule has 0 aliphatic rings. The average molecular weight is 292 g/mol. The van der Waals surface area contributed by atoms with Crippen molar-refractivity contribution in [2.75, 3.05) is 29.9 Å². The third-order valence-corrected chi connectivity index (χ3v) is 3.40. The van der Waals surface area contributed by atoms with E-state index in [1.807, 2.05) is 24.3 Å². The van der Waals surface area contributed by atoms with Crippen molar-refractivity contribution in [2.24, 2.45) is 0 Å². The lowest BCUT2D eigenvalue weighted by molar-refractivity contribution is -0.116. The molecule has 0 aromatic heterocycles. The normalized spacial score (nSPS) is 10.4. The van der Waals surface area contributed by atoms with Gasteiger partial charge >= 0.3 is 0 Å². The number of aliphatic hydroxyl groups excluding tert-OH is 1. The van der Waals surface area contributed by atoms with Crippen molar-refractivity contribution >= 4 is 17.3 Å². The van der Waals surface area contributed by atoms with E-state index in [1.54, 1.807) is 0 Å². The van der Waals surface area contributed by atoms with E-state index in [1.165, 1.54) is 0 Å². The Morgan fingerprint density at radius 1 is 1.19 bits per heavy atom. The van der Waals surface area contributed by atoms with Gasteiger partial charge in [0.05, 0.1) is 6.61 Å². The van der Waals surface area contributed by atoms with Crippen LogP contribution in [0.5, 0.6) is 0 Å². The van der Waals surface area contributed by atoms with Gasteiger partial charge in [-0.05, 0) is 31.0 Å². The van der Waals surface area contributed by atoms with Gasteiger partial charge in [-0.15, -0.1) is 0 Å². The minimum atomic E-state index is 0.0660. The third-order valence-electron chi connectivity index (χ3n) is 3.40. The standard InChI is InChI=1S/C17H28N2O2/c1-3-5-10-17(21)18-15-8-7-9-16(14-15)19(12-13-20)11-6-4-2/h7-9,14,20H,3-6,10-13H2,1-2H3,(H,18,21). The minimum absolute atomic E-state index is 0.0660. The van der Waals surface area contributed by atoms with E-state index in [0.717, 1.165) is 43.6 Å². The Bertz CT molecular complexity index is 421. The molecule has 0 bridgehead atoms. The number of nitrogens with zero attached hydrogens (tertiary/aromatic N) is 1.